The average molecular weight is 385 g/mol. The molecule has 0 aliphatic carbocycles. The van der Waals surface area contributed by atoms with Crippen LogP contribution in [0.25, 0.3) is 0 Å². The molecule has 1 fully saturated rings. The lowest BCUT2D eigenvalue weighted by Crippen LogP contribution is -2.51. The molecule has 2 rings (SSSR count). The fourth-order valence-corrected chi connectivity index (χ4v) is 3.49. The van der Waals surface area contributed by atoms with Gasteiger partial charge in [-0.15, -0.1) is 0 Å². The van der Waals surface area contributed by atoms with Crippen LogP contribution in [0.2, 0.25) is 0 Å². The van der Waals surface area contributed by atoms with E-state index in [2.05, 4.69) is 0 Å². The Morgan fingerprint density at radius 1 is 1.23 bits per heavy atom. The maximum atomic E-state index is 12.3. The highest BCUT2D eigenvalue weighted by molar-refractivity contribution is 7.86. The van der Waals surface area contributed by atoms with Gasteiger partial charge >= 0.3 is 6.09 Å². The van der Waals surface area contributed by atoms with E-state index in [9.17, 15) is 13.2 Å². The van der Waals surface area contributed by atoms with Crippen LogP contribution >= 0.6 is 0 Å². The highest BCUT2D eigenvalue weighted by atomic mass is 32.2. The molecule has 1 saturated heterocycles. The fraction of sp³-hybridized carbons (Fsp3) is 0.611. The topological polar surface area (TPSA) is 82.1 Å². The Morgan fingerprint density at radius 2 is 1.85 bits per heavy atom. The molecule has 0 radical (unpaired) electrons. The summed E-state index contributed by atoms with van der Waals surface area (Å²) in [5, 5.41) is 0. The first-order chi connectivity index (χ1) is 12.0. The van der Waals surface area contributed by atoms with E-state index in [4.69, 9.17) is 13.7 Å². The maximum absolute atomic E-state index is 12.3. The highest BCUT2D eigenvalue weighted by Gasteiger charge is 2.32. The quantitative estimate of drug-likeness (QED) is 0.741. The van der Waals surface area contributed by atoms with Crippen LogP contribution in [0.1, 0.15) is 33.3 Å². The highest BCUT2D eigenvalue weighted by Crippen LogP contribution is 2.18. The summed E-state index contributed by atoms with van der Waals surface area (Å²) in [6.07, 6.45) is -1.24. The second kappa shape index (κ2) is 7.94. The second-order valence-electron chi connectivity index (χ2n) is 7.51. The van der Waals surface area contributed by atoms with Crippen molar-refractivity contribution in [2.24, 2.45) is 0 Å². The Balaban J connectivity index is 1.98. The van der Waals surface area contributed by atoms with Gasteiger partial charge in [-0.25, -0.2) is 4.79 Å². The van der Waals surface area contributed by atoms with Crippen molar-refractivity contribution in [1.29, 1.82) is 0 Å². The maximum Gasteiger partial charge on any atom is 0.410 e. The molecule has 0 N–H and O–H groups in total. The standard InChI is InChI=1S/C18H27NO6S/c1-13-6-8-16(9-7-13)26(21,22)23-12-15-11-19(10-14(2)24-15)17(20)25-18(3,4)5/h6-9,14-15H,10-12H2,1-5H3/t14-,15+/m1/s1. The van der Waals surface area contributed by atoms with Crippen LogP contribution in [0, 0.1) is 6.92 Å². The minimum absolute atomic E-state index is 0.0935. The molecule has 146 valence electrons. The summed E-state index contributed by atoms with van der Waals surface area (Å²) in [7, 11) is -3.88. The molecule has 1 aliphatic heterocycles. The molecule has 0 aromatic heterocycles. The van der Waals surface area contributed by atoms with Crippen LogP contribution in [0.15, 0.2) is 29.2 Å². The normalized spacial score (nSPS) is 21.5. The molecule has 1 amide bonds. The molecule has 2 atom stereocenters. The monoisotopic (exact) mass is 385 g/mol. The summed E-state index contributed by atoms with van der Waals surface area (Å²) in [5.41, 5.74) is 0.362. The van der Waals surface area contributed by atoms with E-state index in [1.54, 1.807) is 32.9 Å². The lowest BCUT2D eigenvalue weighted by molar-refractivity contribution is -0.0917. The first kappa shape index (κ1) is 20.7. The Morgan fingerprint density at radius 3 is 2.42 bits per heavy atom. The molecule has 26 heavy (non-hydrogen) atoms. The van der Waals surface area contributed by atoms with Gasteiger partial charge in [-0.05, 0) is 46.8 Å². The SMILES string of the molecule is Cc1ccc(S(=O)(=O)OC[C@@H]2CN(C(=O)OC(C)(C)C)C[C@@H](C)O2)cc1. The zero-order valence-electron chi connectivity index (χ0n) is 15.9. The molecule has 0 spiro atoms. The lowest BCUT2D eigenvalue weighted by Gasteiger charge is -2.37. The number of aryl methyl sites for hydroxylation is 1. The molecule has 7 nitrogen and oxygen atoms in total. The van der Waals surface area contributed by atoms with Crippen molar-refractivity contribution >= 4 is 16.2 Å². The minimum Gasteiger partial charge on any atom is -0.444 e. The number of nitrogens with zero attached hydrogens (tertiary/aromatic N) is 1. The first-order valence-corrected chi connectivity index (χ1v) is 9.96. The smallest absolute Gasteiger partial charge is 0.410 e. The zero-order chi connectivity index (χ0) is 19.5. The van der Waals surface area contributed by atoms with Crippen molar-refractivity contribution < 1.29 is 26.9 Å². The number of ether oxygens (including phenoxy) is 2. The summed E-state index contributed by atoms with van der Waals surface area (Å²) in [4.78, 5) is 13.9. The lowest BCUT2D eigenvalue weighted by atomic mass is 10.2. The molecule has 0 bridgehead atoms. The molecule has 1 aliphatic rings. The van der Waals surface area contributed by atoms with E-state index in [1.165, 1.54) is 17.0 Å². The third-order valence-corrected chi connectivity index (χ3v) is 4.99. The van der Waals surface area contributed by atoms with Crippen molar-refractivity contribution in [1.82, 2.24) is 4.90 Å². The van der Waals surface area contributed by atoms with Gasteiger partial charge < -0.3 is 14.4 Å². The Labute approximate surface area is 155 Å². The van der Waals surface area contributed by atoms with Gasteiger partial charge in [-0.1, -0.05) is 17.7 Å². The first-order valence-electron chi connectivity index (χ1n) is 8.56. The fourth-order valence-electron chi connectivity index (χ4n) is 2.55. The van der Waals surface area contributed by atoms with Gasteiger partial charge in [0.2, 0.25) is 0 Å². The summed E-state index contributed by atoms with van der Waals surface area (Å²) >= 11 is 0. The van der Waals surface area contributed by atoms with Crippen molar-refractivity contribution in [3.8, 4) is 0 Å². The number of rotatable bonds is 4. The molecule has 0 saturated carbocycles. The van der Waals surface area contributed by atoms with Gasteiger partial charge in [0.05, 0.1) is 30.7 Å². The number of morpholine rings is 1. The van der Waals surface area contributed by atoms with Crippen LogP contribution in [0.5, 0.6) is 0 Å². The number of carbonyl (C=O) groups is 1. The zero-order valence-corrected chi connectivity index (χ0v) is 16.7. The van der Waals surface area contributed by atoms with Gasteiger partial charge in [0.15, 0.2) is 0 Å². The molecule has 8 heteroatoms. The largest absolute Gasteiger partial charge is 0.444 e. The Kier molecular flexibility index (Phi) is 6.31. The average Bonchev–Trinajstić information content (AvgIpc) is 2.51. The summed E-state index contributed by atoms with van der Waals surface area (Å²) in [6.45, 7) is 9.51. The van der Waals surface area contributed by atoms with Gasteiger partial charge in [-0.3, -0.25) is 4.18 Å². The number of amides is 1. The van der Waals surface area contributed by atoms with Gasteiger partial charge in [0, 0.05) is 0 Å². The third-order valence-electron chi connectivity index (χ3n) is 3.70. The van der Waals surface area contributed by atoms with E-state index < -0.39 is 27.9 Å². The van der Waals surface area contributed by atoms with E-state index in [0.29, 0.717) is 6.54 Å². The predicted molar refractivity (Wildman–Crippen MR) is 96.5 cm³/mol. The molecule has 1 aromatic rings. The summed E-state index contributed by atoms with van der Waals surface area (Å²) in [5.74, 6) is 0. The molecular formula is C18H27NO6S. The third kappa shape index (κ3) is 5.96. The Bertz CT molecular complexity index is 723. The van der Waals surface area contributed by atoms with Crippen LogP contribution in [0.4, 0.5) is 4.79 Å². The van der Waals surface area contributed by atoms with Crippen LogP contribution in [0.3, 0.4) is 0 Å². The van der Waals surface area contributed by atoms with Crippen molar-refractivity contribution in [2.75, 3.05) is 19.7 Å². The molecular weight excluding hydrogens is 358 g/mol. The van der Waals surface area contributed by atoms with Crippen molar-refractivity contribution in [3.63, 3.8) is 0 Å². The number of hydrogen-bond acceptors (Lipinski definition) is 6. The predicted octanol–water partition coefficient (Wildman–Crippen LogP) is 2.72. The molecule has 0 unspecified atom stereocenters. The van der Waals surface area contributed by atoms with E-state index in [-0.39, 0.29) is 24.2 Å². The number of hydrogen-bond donors (Lipinski definition) is 0. The van der Waals surface area contributed by atoms with Crippen LogP contribution < -0.4 is 0 Å². The van der Waals surface area contributed by atoms with E-state index >= 15 is 0 Å². The van der Waals surface area contributed by atoms with E-state index in [0.717, 1.165) is 5.56 Å². The van der Waals surface area contributed by atoms with Gasteiger partial charge in [0.25, 0.3) is 10.1 Å². The minimum atomic E-state index is -3.88. The van der Waals surface area contributed by atoms with Crippen molar-refractivity contribution in [3.05, 3.63) is 29.8 Å². The molecule has 1 heterocycles. The number of benzene rings is 1. The van der Waals surface area contributed by atoms with Gasteiger partial charge in [0.1, 0.15) is 11.7 Å². The number of carbonyl (C=O) groups excluding carboxylic acids is 1. The van der Waals surface area contributed by atoms with Crippen LogP contribution in [-0.4, -0.2) is 56.9 Å². The second-order valence-corrected chi connectivity index (χ2v) is 9.12. The Hall–Kier alpha value is -1.64. The van der Waals surface area contributed by atoms with Crippen molar-refractivity contribution in [2.45, 2.75) is 57.3 Å². The van der Waals surface area contributed by atoms with Crippen LogP contribution in [-0.2, 0) is 23.8 Å². The summed E-state index contributed by atoms with van der Waals surface area (Å²) in [6, 6.07) is 6.42. The summed E-state index contributed by atoms with van der Waals surface area (Å²) < 4.78 is 40.8. The van der Waals surface area contributed by atoms with Gasteiger partial charge in [-0.2, -0.15) is 8.42 Å². The molecule has 1 aromatic carbocycles. The van der Waals surface area contributed by atoms with E-state index in [1.807, 2.05) is 13.8 Å².